The van der Waals surface area contributed by atoms with Crippen molar-refractivity contribution in [3.63, 3.8) is 0 Å². The molecule has 0 fully saturated rings. The number of nitrogens with two attached hydrogens (primary N) is 2. The van der Waals surface area contributed by atoms with E-state index in [1.165, 1.54) is 5.39 Å². The number of hydrogen-bond donors (Lipinski definition) is 2. The molecule has 6 heteroatoms. The van der Waals surface area contributed by atoms with E-state index in [-0.39, 0.29) is 5.96 Å². The lowest BCUT2D eigenvalue weighted by Crippen LogP contribution is -2.21. The summed E-state index contributed by atoms with van der Waals surface area (Å²) in [6, 6.07) is 19.8. The molecule has 3 aromatic carbocycles. The van der Waals surface area contributed by atoms with Gasteiger partial charge in [0.2, 0.25) is 5.96 Å². The van der Waals surface area contributed by atoms with Crippen molar-refractivity contribution in [2.45, 2.75) is 6.61 Å². The van der Waals surface area contributed by atoms with Gasteiger partial charge < -0.3 is 20.9 Å². The molecule has 0 aromatic heterocycles. The van der Waals surface area contributed by atoms with Gasteiger partial charge in [-0.05, 0) is 46.7 Å². The van der Waals surface area contributed by atoms with E-state index in [9.17, 15) is 0 Å². The number of guanidine groups is 1. The highest BCUT2D eigenvalue weighted by Gasteiger charge is 2.06. The van der Waals surface area contributed by atoms with Gasteiger partial charge in [-0.1, -0.05) is 30.3 Å². The summed E-state index contributed by atoms with van der Waals surface area (Å²) in [7, 11) is 1.63. The Morgan fingerprint density at radius 2 is 1.81 bits per heavy atom. The minimum Gasteiger partial charge on any atom is -0.496 e. The zero-order valence-corrected chi connectivity index (χ0v) is 14.4. The number of benzene rings is 3. The maximum Gasteiger partial charge on any atom is 0.211 e. The summed E-state index contributed by atoms with van der Waals surface area (Å²) < 4.78 is 11.4. The third kappa shape index (κ3) is 4.30. The van der Waals surface area contributed by atoms with Crippen LogP contribution in [0.1, 0.15) is 11.1 Å². The van der Waals surface area contributed by atoms with Crippen LogP contribution in [0.25, 0.3) is 10.8 Å². The van der Waals surface area contributed by atoms with Crippen molar-refractivity contribution in [2.75, 3.05) is 7.11 Å². The number of hydrogen-bond acceptors (Lipinski definition) is 4. The fourth-order valence-corrected chi connectivity index (χ4v) is 2.57. The fraction of sp³-hybridized carbons (Fsp3) is 0.100. The zero-order valence-electron chi connectivity index (χ0n) is 14.4. The van der Waals surface area contributed by atoms with Gasteiger partial charge in [0.1, 0.15) is 18.1 Å². The quantitative estimate of drug-likeness (QED) is 0.407. The van der Waals surface area contributed by atoms with Gasteiger partial charge in [0.05, 0.1) is 13.3 Å². The molecule has 3 rings (SSSR count). The van der Waals surface area contributed by atoms with Crippen molar-refractivity contribution in [3.05, 3.63) is 71.8 Å². The van der Waals surface area contributed by atoms with Gasteiger partial charge in [-0.2, -0.15) is 5.10 Å². The van der Waals surface area contributed by atoms with Gasteiger partial charge in [-0.25, -0.2) is 0 Å². The number of rotatable bonds is 6. The van der Waals surface area contributed by atoms with E-state index in [1.54, 1.807) is 13.3 Å². The molecule has 0 aliphatic heterocycles. The molecule has 6 nitrogen and oxygen atoms in total. The molecular weight excluding hydrogens is 328 g/mol. The Kier molecular flexibility index (Phi) is 5.34. The van der Waals surface area contributed by atoms with Gasteiger partial charge in [-0.3, -0.25) is 0 Å². The van der Waals surface area contributed by atoms with Crippen LogP contribution in [-0.4, -0.2) is 19.3 Å². The molecule has 0 aliphatic rings. The highest BCUT2D eigenvalue weighted by Crippen LogP contribution is 2.24. The van der Waals surface area contributed by atoms with Crippen LogP contribution in [0.4, 0.5) is 0 Å². The first-order chi connectivity index (χ1) is 12.7. The van der Waals surface area contributed by atoms with Crippen molar-refractivity contribution in [3.8, 4) is 11.5 Å². The SMILES string of the molecule is COc1ccc(C=NN=C(N)N)cc1COc1ccc2ccccc2c1. The van der Waals surface area contributed by atoms with Crippen LogP contribution in [0.5, 0.6) is 11.5 Å². The first-order valence-electron chi connectivity index (χ1n) is 8.06. The van der Waals surface area contributed by atoms with Gasteiger partial charge >= 0.3 is 0 Å². The molecule has 0 radical (unpaired) electrons. The Balaban J connectivity index is 1.78. The van der Waals surface area contributed by atoms with Crippen LogP contribution >= 0.6 is 0 Å². The third-order valence-electron chi connectivity index (χ3n) is 3.80. The van der Waals surface area contributed by atoms with Crippen LogP contribution < -0.4 is 20.9 Å². The smallest absolute Gasteiger partial charge is 0.211 e. The minimum atomic E-state index is -0.0883. The molecule has 3 aromatic rings. The van der Waals surface area contributed by atoms with E-state index < -0.39 is 0 Å². The summed E-state index contributed by atoms with van der Waals surface area (Å²) in [6.07, 6.45) is 1.57. The lowest BCUT2D eigenvalue weighted by molar-refractivity contribution is 0.297. The van der Waals surface area contributed by atoms with E-state index in [1.807, 2.05) is 48.5 Å². The average molecular weight is 348 g/mol. The maximum atomic E-state index is 5.95. The summed E-state index contributed by atoms with van der Waals surface area (Å²) >= 11 is 0. The summed E-state index contributed by atoms with van der Waals surface area (Å²) in [4.78, 5) is 0. The molecule has 26 heavy (non-hydrogen) atoms. The second-order valence-corrected chi connectivity index (χ2v) is 5.64. The molecule has 0 bridgehead atoms. The topological polar surface area (TPSA) is 95.2 Å². The van der Waals surface area contributed by atoms with E-state index in [4.69, 9.17) is 20.9 Å². The van der Waals surface area contributed by atoms with Crippen LogP contribution in [0.2, 0.25) is 0 Å². The monoisotopic (exact) mass is 348 g/mol. The highest BCUT2D eigenvalue weighted by atomic mass is 16.5. The average Bonchev–Trinajstić information content (AvgIpc) is 2.66. The maximum absolute atomic E-state index is 5.95. The molecule has 0 spiro atoms. The van der Waals surface area contributed by atoms with Crippen LogP contribution in [-0.2, 0) is 6.61 Å². The molecule has 0 saturated heterocycles. The Bertz CT molecular complexity index is 963. The number of nitrogens with zero attached hydrogens (tertiary/aromatic N) is 2. The molecule has 0 saturated carbocycles. The second kappa shape index (κ2) is 8.02. The normalized spacial score (nSPS) is 10.8. The van der Waals surface area contributed by atoms with Gasteiger partial charge in [-0.15, -0.1) is 5.10 Å². The zero-order chi connectivity index (χ0) is 18.4. The van der Waals surface area contributed by atoms with Crippen molar-refractivity contribution < 1.29 is 9.47 Å². The number of fused-ring (bicyclic) bond motifs is 1. The molecule has 0 amide bonds. The van der Waals surface area contributed by atoms with Crippen molar-refractivity contribution >= 4 is 22.9 Å². The molecule has 0 heterocycles. The summed E-state index contributed by atoms with van der Waals surface area (Å²) in [5, 5.41) is 9.73. The minimum absolute atomic E-state index is 0.0883. The summed E-state index contributed by atoms with van der Waals surface area (Å²) in [5.41, 5.74) is 12.3. The lowest BCUT2D eigenvalue weighted by atomic mass is 10.1. The third-order valence-corrected chi connectivity index (χ3v) is 3.80. The van der Waals surface area contributed by atoms with Crippen LogP contribution in [0.3, 0.4) is 0 Å². The molecule has 0 unspecified atom stereocenters. The predicted octanol–water partition coefficient (Wildman–Crippen LogP) is 3.03. The standard InChI is InChI=1S/C20H20N4O2/c1-25-19-9-6-14(12-23-24-20(21)22)10-17(19)13-26-18-8-7-15-4-2-3-5-16(15)11-18/h2-12H,13H2,1H3,(H4,21,22,24). The van der Waals surface area contributed by atoms with E-state index >= 15 is 0 Å². The molecule has 4 N–H and O–H groups in total. The highest BCUT2D eigenvalue weighted by molar-refractivity contribution is 5.84. The largest absolute Gasteiger partial charge is 0.496 e. The Labute approximate surface area is 151 Å². The van der Waals surface area contributed by atoms with Crippen molar-refractivity contribution in [1.29, 1.82) is 0 Å². The second-order valence-electron chi connectivity index (χ2n) is 5.64. The Morgan fingerprint density at radius 3 is 2.58 bits per heavy atom. The first kappa shape index (κ1) is 17.3. The van der Waals surface area contributed by atoms with Crippen LogP contribution in [0, 0.1) is 0 Å². The summed E-state index contributed by atoms with van der Waals surface area (Å²) in [5.74, 6) is 1.45. The molecule has 0 aliphatic carbocycles. The molecular formula is C20H20N4O2. The van der Waals surface area contributed by atoms with E-state index in [0.717, 1.165) is 28.0 Å². The van der Waals surface area contributed by atoms with E-state index in [0.29, 0.717) is 6.61 Å². The first-order valence-corrected chi connectivity index (χ1v) is 8.06. The Hall–Kier alpha value is -3.54. The van der Waals surface area contributed by atoms with Gasteiger partial charge in [0.15, 0.2) is 0 Å². The van der Waals surface area contributed by atoms with Gasteiger partial charge in [0.25, 0.3) is 0 Å². The van der Waals surface area contributed by atoms with Gasteiger partial charge in [0, 0.05) is 5.56 Å². The van der Waals surface area contributed by atoms with Crippen LogP contribution in [0.15, 0.2) is 70.9 Å². The number of methoxy groups -OCH3 is 1. The number of ether oxygens (including phenoxy) is 2. The van der Waals surface area contributed by atoms with E-state index in [2.05, 4.69) is 22.3 Å². The predicted molar refractivity (Wildman–Crippen MR) is 105 cm³/mol. The van der Waals surface area contributed by atoms with Crippen molar-refractivity contribution in [2.24, 2.45) is 21.7 Å². The lowest BCUT2D eigenvalue weighted by Gasteiger charge is -2.11. The summed E-state index contributed by atoms with van der Waals surface area (Å²) in [6.45, 7) is 0.367. The van der Waals surface area contributed by atoms with Crippen molar-refractivity contribution in [1.82, 2.24) is 0 Å². The fourth-order valence-electron chi connectivity index (χ4n) is 2.57. The molecule has 132 valence electrons. The Morgan fingerprint density at radius 1 is 1.00 bits per heavy atom. The molecule has 0 atom stereocenters.